The minimum atomic E-state index is -0.181. The summed E-state index contributed by atoms with van der Waals surface area (Å²) in [4.78, 5) is 38.6. The molecule has 7 aromatic heterocycles. The molecule has 7 rings (SSSR count). The third-order valence-electron chi connectivity index (χ3n) is 6.72. The van der Waals surface area contributed by atoms with E-state index in [2.05, 4.69) is 84.0 Å². The molecular formula is C34H40ClK2N15O6. The Labute approximate surface area is 424 Å². The number of nitrogens with zero attached hydrogens (tertiary/aromatic N) is 11. The van der Waals surface area contributed by atoms with Crippen molar-refractivity contribution >= 4 is 40.4 Å². The molecule has 0 aliphatic carbocycles. The first-order valence-electron chi connectivity index (χ1n) is 15.9. The molecular weight excluding hydrogens is 828 g/mol. The van der Waals surface area contributed by atoms with Gasteiger partial charge in [0.2, 0.25) is 0 Å². The van der Waals surface area contributed by atoms with E-state index in [4.69, 9.17) is 35.9 Å². The van der Waals surface area contributed by atoms with E-state index in [1.807, 2.05) is 39.0 Å². The number of pyridine rings is 3. The van der Waals surface area contributed by atoms with Gasteiger partial charge in [-0.1, -0.05) is 24.8 Å². The van der Waals surface area contributed by atoms with Gasteiger partial charge in [0.05, 0.1) is 56.8 Å². The summed E-state index contributed by atoms with van der Waals surface area (Å²) >= 11 is 5.83. The molecule has 0 saturated carbocycles. The van der Waals surface area contributed by atoms with Crippen LogP contribution in [0.5, 0.6) is 17.2 Å². The Morgan fingerprint density at radius 2 is 1.48 bits per heavy atom. The number of anilines is 2. The molecule has 58 heavy (non-hydrogen) atoms. The second kappa shape index (κ2) is 28.3. The SMILES string of the molecule is C=CNc1cc(OC)cnc1-n1cnc(C)n1.C=CNc1cc(OC)cnc1-n1ncnc1C.COc1cnc(Cl)c2[nH]ccc12.Cc1ncn[nH]1.O=CO[O-].[H-].[K+].[K+]. The van der Waals surface area contributed by atoms with Crippen molar-refractivity contribution in [1.29, 1.82) is 0 Å². The standard InChI is InChI=1S/2C11H13N5O.C8H7ClN2O.C3H5N3.CH2O3.2K.H/c1-4-12-10-5-9(17-3)6-13-11(10)16-7-14-8(2)15-16;1-4-12-10-5-9(17-3)6-13-11(10)16-8(2)14-7-15-16;1-12-6-4-11-8(9)7-5(6)2-3-10-7;1-3-4-2-5-6-3;2-1-4-3;;;/h2*4-7,12H,1H2,2-3H3;2-4,10H,1H3;2H,1H3,(H,4,5,6);1,3H;;;/q;;;;;2*+1;-1/p-1. The summed E-state index contributed by atoms with van der Waals surface area (Å²) in [6.07, 6.45) is 14.4. The van der Waals surface area contributed by atoms with Crippen molar-refractivity contribution in [2.45, 2.75) is 20.8 Å². The number of ether oxygens (including phenoxy) is 3. The topological polar surface area (TPSA) is 259 Å². The Kier molecular flexibility index (Phi) is 25.4. The molecule has 0 aliphatic heterocycles. The van der Waals surface area contributed by atoms with E-state index in [1.165, 1.54) is 12.7 Å². The van der Waals surface area contributed by atoms with Crippen LogP contribution in [-0.2, 0) is 9.68 Å². The Balaban J connectivity index is 0.000000755. The Morgan fingerprint density at radius 1 is 0.862 bits per heavy atom. The Morgan fingerprint density at radius 3 is 1.93 bits per heavy atom. The second-order valence-electron chi connectivity index (χ2n) is 10.3. The number of nitrogens with one attached hydrogen (secondary N) is 4. The predicted molar refractivity (Wildman–Crippen MR) is 206 cm³/mol. The minimum absolute atomic E-state index is 0. The summed E-state index contributed by atoms with van der Waals surface area (Å²) < 4.78 is 18.6. The number of H-pyrrole nitrogens is 2. The van der Waals surface area contributed by atoms with E-state index >= 15 is 0 Å². The molecule has 0 unspecified atom stereocenters. The number of fused-ring (bicyclic) bond motifs is 1. The van der Waals surface area contributed by atoms with Gasteiger partial charge >= 0.3 is 103 Å². The minimum Gasteiger partial charge on any atom is -1.00 e. The first-order valence-corrected chi connectivity index (χ1v) is 16.3. The van der Waals surface area contributed by atoms with Gasteiger partial charge in [-0.3, -0.25) is 9.89 Å². The first kappa shape index (κ1) is 51.9. The zero-order valence-electron chi connectivity index (χ0n) is 34.2. The van der Waals surface area contributed by atoms with E-state index in [0.717, 1.165) is 39.7 Å². The van der Waals surface area contributed by atoms with Crippen molar-refractivity contribution in [3.63, 3.8) is 0 Å². The smallest absolute Gasteiger partial charge is 1.00 e. The molecule has 21 nitrogen and oxygen atoms in total. The summed E-state index contributed by atoms with van der Waals surface area (Å²) in [5.74, 6) is 5.66. The van der Waals surface area contributed by atoms with E-state index in [1.54, 1.807) is 74.2 Å². The molecule has 0 fully saturated rings. The van der Waals surface area contributed by atoms with Gasteiger partial charge in [-0.05, 0) is 39.2 Å². The molecule has 0 amide bonds. The van der Waals surface area contributed by atoms with Gasteiger partial charge in [0.1, 0.15) is 53.7 Å². The van der Waals surface area contributed by atoms with Crippen LogP contribution in [0.25, 0.3) is 22.5 Å². The van der Waals surface area contributed by atoms with E-state index in [9.17, 15) is 0 Å². The molecule has 296 valence electrons. The molecule has 0 radical (unpaired) electrons. The number of methoxy groups -OCH3 is 3. The Hall–Kier alpha value is -4.12. The Bertz CT molecular complexity index is 2280. The van der Waals surface area contributed by atoms with Crippen LogP contribution in [-0.4, -0.2) is 92.4 Å². The molecule has 7 aromatic rings. The third kappa shape index (κ3) is 15.9. The summed E-state index contributed by atoms with van der Waals surface area (Å²) in [5.41, 5.74) is 2.33. The van der Waals surface area contributed by atoms with E-state index < -0.39 is 0 Å². The number of carbonyl (C=O) groups is 1. The van der Waals surface area contributed by atoms with Gasteiger partial charge < -0.3 is 41.4 Å². The van der Waals surface area contributed by atoms with Crippen molar-refractivity contribution in [3.8, 4) is 28.9 Å². The normalized spacial score (nSPS) is 9.31. The molecule has 0 spiro atoms. The summed E-state index contributed by atoms with van der Waals surface area (Å²) in [6.45, 7) is 12.6. The van der Waals surface area contributed by atoms with Crippen molar-refractivity contribution in [2.75, 3.05) is 32.0 Å². The number of hydrogen-bond donors (Lipinski definition) is 4. The molecule has 0 aliphatic rings. The van der Waals surface area contributed by atoms with Gasteiger partial charge in [-0.25, -0.2) is 34.6 Å². The molecule has 24 heteroatoms. The van der Waals surface area contributed by atoms with Crippen LogP contribution in [0, 0.1) is 20.8 Å². The zero-order chi connectivity index (χ0) is 40.9. The summed E-state index contributed by atoms with van der Waals surface area (Å²) in [6, 6.07) is 5.55. The molecule has 0 aromatic carbocycles. The average Bonchev–Trinajstić information content (AvgIpc) is 4.06. The van der Waals surface area contributed by atoms with Gasteiger partial charge in [0, 0.05) is 23.7 Å². The fourth-order valence-electron chi connectivity index (χ4n) is 4.26. The third-order valence-corrected chi connectivity index (χ3v) is 7.01. The largest absolute Gasteiger partial charge is 1.00 e. The summed E-state index contributed by atoms with van der Waals surface area (Å²) in [5, 5.41) is 30.4. The van der Waals surface area contributed by atoms with Crippen LogP contribution in [0.2, 0.25) is 5.15 Å². The fourth-order valence-corrected chi connectivity index (χ4v) is 4.47. The van der Waals surface area contributed by atoms with Crippen LogP contribution in [0.1, 0.15) is 18.9 Å². The van der Waals surface area contributed by atoms with Crippen LogP contribution >= 0.6 is 11.6 Å². The number of rotatable bonds is 10. The number of aromatic amines is 2. The van der Waals surface area contributed by atoms with Crippen LogP contribution in [0.4, 0.5) is 11.4 Å². The molecule has 7 heterocycles. The van der Waals surface area contributed by atoms with E-state index in [0.29, 0.717) is 34.1 Å². The van der Waals surface area contributed by atoms with Crippen molar-refractivity contribution in [3.05, 3.63) is 110 Å². The van der Waals surface area contributed by atoms with Gasteiger partial charge in [0.25, 0.3) is 6.47 Å². The van der Waals surface area contributed by atoms with Crippen molar-refractivity contribution in [1.82, 2.24) is 64.6 Å². The second-order valence-corrected chi connectivity index (χ2v) is 10.7. The monoisotopic (exact) mass is 867 g/mol. The molecule has 0 atom stereocenters. The molecule has 0 bridgehead atoms. The maximum atomic E-state index is 8.64. The fraction of sp³-hybridized carbons (Fsp3) is 0.176. The maximum absolute atomic E-state index is 8.64. The average molecular weight is 868 g/mol. The van der Waals surface area contributed by atoms with Crippen LogP contribution in [0.3, 0.4) is 0 Å². The first-order chi connectivity index (χ1) is 27.1. The van der Waals surface area contributed by atoms with Gasteiger partial charge in [-0.15, -0.1) is 0 Å². The zero-order valence-corrected chi connectivity index (χ0v) is 40.2. The number of carbonyl (C=O) groups excluding carboxylic acids is 1. The van der Waals surface area contributed by atoms with Crippen molar-refractivity contribution in [2.24, 2.45) is 0 Å². The molecule has 4 N–H and O–H groups in total. The molecule has 0 saturated heterocycles. The summed E-state index contributed by atoms with van der Waals surface area (Å²) in [7, 11) is 4.79. The van der Waals surface area contributed by atoms with Crippen molar-refractivity contribution < 1.29 is 133 Å². The van der Waals surface area contributed by atoms with Crippen LogP contribution < -0.4 is 133 Å². The van der Waals surface area contributed by atoms with Crippen LogP contribution in [0.15, 0.2) is 87.5 Å². The maximum Gasteiger partial charge on any atom is 1.00 e. The van der Waals surface area contributed by atoms with E-state index in [-0.39, 0.29) is 111 Å². The number of aromatic nitrogens is 13. The number of halogens is 1. The van der Waals surface area contributed by atoms with Gasteiger partial charge in [-0.2, -0.15) is 20.0 Å². The number of aryl methyl sites for hydroxylation is 3. The number of hydrogen-bond acceptors (Lipinski definition) is 17. The quantitative estimate of drug-likeness (QED) is 0.0380. The van der Waals surface area contributed by atoms with Gasteiger partial charge in [0.15, 0.2) is 16.8 Å². The predicted octanol–water partition coefficient (Wildman–Crippen LogP) is -2.04.